The number of benzene rings is 1. The zero-order chi connectivity index (χ0) is 24.6. The molecule has 33 heavy (non-hydrogen) atoms. The third-order valence-electron chi connectivity index (χ3n) is 4.87. The van der Waals surface area contributed by atoms with E-state index < -0.39 is 30.6 Å². The second-order valence-corrected chi connectivity index (χ2v) is 12.5. The Morgan fingerprint density at radius 1 is 1.12 bits per heavy atom. The van der Waals surface area contributed by atoms with E-state index >= 15 is 0 Å². The van der Waals surface area contributed by atoms with Crippen LogP contribution in [-0.2, 0) is 15.5 Å². The van der Waals surface area contributed by atoms with Gasteiger partial charge in [-0.05, 0) is 64.4 Å². The number of anilines is 3. The zero-order valence-electron chi connectivity index (χ0n) is 19.2. The summed E-state index contributed by atoms with van der Waals surface area (Å²) in [6, 6.07) is 6.12. The number of hydrogen-bond donors (Lipinski definition) is 2. The van der Waals surface area contributed by atoms with E-state index in [0.29, 0.717) is 35.6 Å². The van der Waals surface area contributed by atoms with Crippen molar-refractivity contribution in [2.45, 2.75) is 38.6 Å². The molecule has 1 aliphatic heterocycles. The van der Waals surface area contributed by atoms with Crippen LogP contribution in [0.5, 0.6) is 0 Å². The van der Waals surface area contributed by atoms with Crippen molar-refractivity contribution in [3.8, 4) is 0 Å². The Balaban J connectivity index is 1.80. The highest BCUT2D eigenvalue weighted by Crippen LogP contribution is 2.40. The molecule has 11 heteroatoms. The summed E-state index contributed by atoms with van der Waals surface area (Å²) in [7, 11) is -2.72. The van der Waals surface area contributed by atoms with E-state index in [2.05, 4.69) is 15.6 Å². The van der Waals surface area contributed by atoms with Crippen LogP contribution >= 0.6 is 7.14 Å². The monoisotopic (exact) mass is 484 g/mol. The number of aromatic nitrogens is 1. The Hall–Kier alpha value is -2.74. The summed E-state index contributed by atoms with van der Waals surface area (Å²) < 4.78 is 56.8. The molecule has 0 unspecified atom stereocenters. The fourth-order valence-electron chi connectivity index (χ4n) is 3.27. The van der Waals surface area contributed by atoms with Gasteiger partial charge >= 0.3 is 12.3 Å². The van der Waals surface area contributed by atoms with Crippen LogP contribution in [0, 0.1) is 0 Å². The maximum atomic E-state index is 12.9. The van der Waals surface area contributed by atoms with E-state index in [9.17, 15) is 22.5 Å². The largest absolute Gasteiger partial charge is 0.444 e. The fraction of sp³-hybridized carbons (Fsp3) is 0.455. The van der Waals surface area contributed by atoms with Crippen LogP contribution in [0.25, 0.3) is 0 Å². The third kappa shape index (κ3) is 6.41. The van der Waals surface area contributed by atoms with E-state index in [-0.39, 0.29) is 6.04 Å². The first kappa shape index (κ1) is 24.9. The smallest absolute Gasteiger partial charge is 0.416 e. The molecule has 0 saturated carbocycles. The Kier molecular flexibility index (Phi) is 6.71. The molecule has 2 heterocycles. The normalized spacial score (nSPS) is 15.1. The molecule has 0 atom stereocenters. The lowest BCUT2D eigenvalue weighted by molar-refractivity contribution is -0.137. The minimum absolute atomic E-state index is 0.125. The maximum Gasteiger partial charge on any atom is 0.416 e. The number of carbonyl (C=O) groups is 1. The predicted molar refractivity (Wildman–Crippen MR) is 123 cm³/mol. The number of pyridine rings is 1. The van der Waals surface area contributed by atoms with Crippen LogP contribution < -0.4 is 15.9 Å². The molecule has 1 amide bonds. The molecule has 1 saturated heterocycles. The highest BCUT2D eigenvalue weighted by Gasteiger charge is 2.35. The summed E-state index contributed by atoms with van der Waals surface area (Å²) in [5, 5.41) is 6.87. The standard InChI is InChI=1S/C22H28F3N4O3P/c1-21(2,3)32-20(30)29-12-16(13-29)27-18-17(33(4,5)31)10-11-26-19(18)28-15-8-6-14(7-9-15)22(23,24)25/h6-11,16,27H,12-13H2,1-5H3,(H,26,28). The number of amides is 1. The SMILES string of the molecule is CC(C)(C)OC(=O)N1CC(Nc2c(P(C)(C)=O)ccnc2Nc2ccc(C(F)(F)F)cc2)C1. The summed E-state index contributed by atoms with van der Waals surface area (Å²) in [5.41, 5.74) is -0.445. The lowest BCUT2D eigenvalue weighted by atomic mass is 10.1. The molecule has 1 aromatic heterocycles. The molecule has 7 nitrogen and oxygen atoms in total. The van der Waals surface area contributed by atoms with Crippen LogP contribution in [0.1, 0.15) is 26.3 Å². The molecule has 2 N–H and O–H groups in total. The molecule has 1 fully saturated rings. The van der Waals surface area contributed by atoms with Gasteiger partial charge in [0.25, 0.3) is 0 Å². The van der Waals surface area contributed by atoms with Crippen molar-refractivity contribution in [3.05, 3.63) is 42.1 Å². The van der Waals surface area contributed by atoms with Crippen LogP contribution in [0.4, 0.5) is 35.2 Å². The van der Waals surface area contributed by atoms with Crippen molar-refractivity contribution >= 4 is 35.7 Å². The first-order valence-corrected chi connectivity index (χ1v) is 13.0. The molecule has 0 radical (unpaired) electrons. The summed E-state index contributed by atoms with van der Waals surface area (Å²) in [6.45, 7) is 9.42. The molecule has 0 bridgehead atoms. The quantitative estimate of drug-likeness (QED) is 0.573. The first-order valence-electron chi connectivity index (χ1n) is 10.4. The molecule has 3 rings (SSSR count). The summed E-state index contributed by atoms with van der Waals surface area (Å²) >= 11 is 0. The van der Waals surface area contributed by atoms with E-state index in [4.69, 9.17) is 4.74 Å². The minimum Gasteiger partial charge on any atom is -0.444 e. The molecule has 0 spiro atoms. The van der Waals surface area contributed by atoms with Gasteiger partial charge in [-0.2, -0.15) is 13.2 Å². The van der Waals surface area contributed by atoms with Gasteiger partial charge in [0, 0.05) is 30.3 Å². The molecular formula is C22H28F3N4O3P. The van der Waals surface area contributed by atoms with Crippen LogP contribution in [0.3, 0.4) is 0 Å². The molecule has 0 aliphatic carbocycles. The number of rotatable bonds is 5. The van der Waals surface area contributed by atoms with Gasteiger partial charge in [0.15, 0.2) is 5.82 Å². The molecule has 2 aromatic rings. The maximum absolute atomic E-state index is 12.9. The van der Waals surface area contributed by atoms with E-state index in [0.717, 1.165) is 12.1 Å². The molecule has 1 aliphatic rings. The topological polar surface area (TPSA) is 83.6 Å². The summed E-state index contributed by atoms with van der Waals surface area (Å²) in [4.78, 5) is 18.1. The second-order valence-electron chi connectivity index (χ2n) is 9.33. The number of alkyl halides is 3. The van der Waals surface area contributed by atoms with Crippen LogP contribution in [-0.4, -0.2) is 54.0 Å². The average molecular weight is 484 g/mol. The zero-order valence-corrected chi connectivity index (χ0v) is 20.1. The molecule has 180 valence electrons. The minimum atomic E-state index is -4.43. The van der Waals surface area contributed by atoms with Gasteiger partial charge in [-0.15, -0.1) is 0 Å². The number of likely N-dealkylation sites (tertiary alicyclic amines) is 1. The van der Waals surface area contributed by atoms with Crippen molar-refractivity contribution in [3.63, 3.8) is 0 Å². The van der Waals surface area contributed by atoms with Crippen molar-refractivity contribution in [2.24, 2.45) is 0 Å². The van der Waals surface area contributed by atoms with Gasteiger partial charge in [-0.25, -0.2) is 9.78 Å². The van der Waals surface area contributed by atoms with Gasteiger partial charge in [-0.1, -0.05) is 0 Å². The highest BCUT2D eigenvalue weighted by atomic mass is 31.2. The number of halogens is 3. The van der Waals surface area contributed by atoms with Crippen molar-refractivity contribution < 1.29 is 27.3 Å². The van der Waals surface area contributed by atoms with Crippen LogP contribution in [0.2, 0.25) is 0 Å². The van der Waals surface area contributed by atoms with Gasteiger partial charge in [0.05, 0.1) is 17.3 Å². The Bertz CT molecular complexity index is 1060. The van der Waals surface area contributed by atoms with Gasteiger partial charge < -0.3 is 24.8 Å². The Morgan fingerprint density at radius 3 is 2.24 bits per heavy atom. The van der Waals surface area contributed by atoms with Gasteiger partial charge in [0.1, 0.15) is 12.7 Å². The van der Waals surface area contributed by atoms with E-state index in [1.807, 2.05) is 0 Å². The summed E-state index contributed by atoms with van der Waals surface area (Å²) in [6.07, 6.45) is -3.34. The van der Waals surface area contributed by atoms with Crippen molar-refractivity contribution in [2.75, 3.05) is 37.1 Å². The lowest BCUT2D eigenvalue weighted by Gasteiger charge is -2.41. The molecule has 1 aromatic carbocycles. The lowest BCUT2D eigenvalue weighted by Crippen LogP contribution is -2.58. The average Bonchev–Trinajstić information content (AvgIpc) is 2.62. The van der Waals surface area contributed by atoms with Gasteiger partial charge in [-0.3, -0.25) is 0 Å². The summed E-state index contributed by atoms with van der Waals surface area (Å²) in [5.74, 6) is 0.340. The Morgan fingerprint density at radius 2 is 1.73 bits per heavy atom. The number of carbonyl (C=O) groups excluding carboxylic acids is 1. The van der Waals surface area contributed by atoms with Crippen LogP contribution in [0.15, 0.2) is 36.5 Å². The number of nitrogens with zero attached hydrogens (tertiary/aromatic N) is 2. The van der Waals surface area contributed by atoms with Crippen molar-refractivity contribution in [1.82, 2.24) is 9.88 Å². The van der Waals surface area contributed by atoms with E-state index in [1.165, 1.54) is 18.3 Å². The van der Waals surface area contributed by atoms with Crippen molar-refractivity contribution in [1.29, 1.82) is 0 Å². The second kappa shape index (κ2) is 8.89. The first-order chi connectivity index (χ1) is 15.1. The predicted octanol–water partition coefficient (Wildman–Crippen LogP) is 5.12. The van der Waals surface area contributed by atoms with E-state index in [1.54, 1.807) is 45.1 Å². The Labute approximate surface area is 191 Å². The number of ether oxygens (including phenoxy) is 1. The third-order valence-corrected chi connectivity index (χ3v) is 6.40. The highest BCUT2D eigenvalue weighted by molar-refractivity contribution is 7.70. The number of hydrogen-bond acceptors (Lipinski definition) is 6. The molecular weight excluding hydrogens is 456 g/mol. The number of nitrogens with one attached hydrogen (secondary N) is 2. The van der Waals surface area contributed by atoms with Gasteiger partial charge in [0.2, 0.25) is 0 Å². The fourth-order valence-corrected chi connectivity index (χ4v) is 4.40.